The van der Waals surface area contributed by atoms with Crippen molar-refractivity contribution < 1.29 is 9.53 Å². The van der Waals surface area contributed by atoms with Crippen LogP contribution in [0.15, 0.2) is 12.3 Å². The fourth-order valence-corrected chi connectivity index (χ4v) is 0.970. The zero-order valence-electron chi connectivity index (χ0n) is 8.15. The minimum Gasteiger partial charge on any atom is -0.468 e. The molecule has 0 saturated heterocycles. The summed E-state index contributed by atoms with van der Waals surface area (Å²) in [6, 6.07) is 1.91. The molecule has 0 spiro atoms. The van der Waals surface area contributed by atoms with Crippen molar-refractivity contribution >= 4 is 5.97 Å². The second-order valence-corrected chi connectivity index (χ2v) is 3.17. The summed E-state index contributed by atoms with van der Waals surface area (Å²) in [5.41, 5.74) is 0.990. The average Bonchev–Trinajstić information content (AvgIpc) is 2.52. The van der Waals surface area contributed by atoms with Crippen LogP contribution < -0.4 is 0 Å². The normalized spacial score (nSPS) is 10.5. The molecule has 4 nitrogen and oxygen atoms in total. The van der Waals surface area contributed by atoms with Crippen molar-refractivity contribution in [1.82, 2.24) is 9.78 Å². The van der Waals surface area contributed by atoms with Crippen molar-refractivity contribution in [2.24, 2.45) is 0 Å². The van der Waals surface area contributed by atoms with Gasteiger partial charge in [0.25, 0.3) is 0 Å². The molecule has 0 atom stereocenters. The number of hydrogen-bond acceptors (Lipinski definition) is 3. The highest BCUT2D eigenvalue weighted by atomic mass is 16.5. The molecule has 0 saturated carbocycles. The van der Waals surface area contributed by atoms with Gasteiger partial charge in [0.05, 0.1) is 12.8 Å². The molecule has 72 valence electrons. The van der Waals surface area contributed by atoms with E-state index in [0.717, 1.165) is 5.69 Å². The molecule has 1 aromatic rings. The number of aromatic nitrogens is 2. The molecular weight excluding hydrogens is 168 g/mol. The summed E-state index contributed by atoms with van der Waals surface area (Å²) < 4.78 is 6.11. The third-order valence-electron chi connectivity index (χ3n) is 1.77. The maximum Gasteiger partial charge on any atom is 0.327 e. The van der Waals surface area contributed by atoms with Gasteiger partial charge in [0, 0.05) is 6.20 Å². The van der Waals surface area contributed by atoms with Crippen molar-refractivity contribution in [2.45, 2.75) is 26.3 Å². The number of nitrogens with zero attached hydrogens (tertiary/aromatic N) is 2. The topological polar surface area (TPSA) is 44.1 Å². The number of rotatable bonds is 3. The highest BCUT2D eigenvalue weighted by Gasteiger charge is 2.06. The van der Waals surface area contributed by atoms with Crippen LogP contribution in [0.25, 0.3) is 0 Å². The van der Waals surface area contributed by atoms with Crippen LogP contribution >= 0.6 is 0 Å². The molecule has 13 heavy (non-hydrogen) atoms. The van der Waals surface area contributed by atoms with Crippen LogP contribution in [-0.2, 0) is 16.1 Å². The molecule has 0 fully saturated rings. The fraction of sp³-hybridized carbons (Fsp3) is 0.556. The summed E-state index contributed by atoms with van der Waals surface area (Å²) in [7, 11) is 1.37. The van der Waals surface area contributed by atoms with Gasteiger partial charge in [-0.25, -0.2) is 0 Å². The van der Waals surface area contributed by atoms with E-state index < -0.39 is 0 Å². The summed E-state index contributed by atoms with van der Waals surface area (Å²) in [4.78, 5) is 10.9. The molecule has 0 aliphatic rings. The summed E-state index contributed by atoms with van der Waals surface area (Å²) >= 11 is 0. The van der Waals surface area contributed by atoms with Gasteiger partial charge in [-0.3, -0.25) is 9.48 Å². The Bertz CT molecular complexity index is 292. The first-order chi connectivity index (χ1) is 6.13. The monoisotopic (exact) mass is 182 g/mol. The number of carbonyl (C=O) groups excluding carboxylic acids is 1. The van der Waals surface area contributed by atoms with Crippen LogP contribution in [-0.4, -0.2) is 22.9 Å². The third kappa shape index (κ3) is 2.57. The van der Waals surface area contributed by atoms with Crippen molar-refractivity contribution in [3.63, 3.8) is 0 Å². The molecule has 4 heteroatoms. The predicted octanol–water partition coefficient (Wildman–Crippen LogP) is 1.18. The van der Waals surface area contributed by atoms with E-state index in [2.05, 4.69) is 23.7 Å². The minimum atomic E-state index is -0.279. The minimum absolute atomic E-state index is 0.184. The molecule has 0 aromatic carbocycles. The Kier molecular flexibility index (Phi) is 3.06. The van der Waals surface area contributed by atoms with E-state index in [4.69, 9.17) is 0 Å². The predicted molar refractivity (Wildman–Crippen MR) is 48.3 cm³/mol. The van der Waals surface area contributed by atoms with Crippen molar-refractivity contribution in [3.8, 4) is 0 Å². The van der Waals surface area contributed by atoms with E-state index in [1.165, 1.54) is 7.11 Å². The Morgan fingerprint density at radius 1 is 1.69 bits per heavy atom. The quantitative estimate of drug-likeness (QED) is 0.659. The van der Waals surface area contributed by atoms with Gasteiger partial charge in [-0.05, 0) is 12.0 Å². The molecule has 0 aliphatic carbocycles. The van der Waals surface area contributed by atoms with Crippen LogP contribution in [0.4, 0.5) is 0 Å². The van der Waals surface area contributed by atoms with Gasteiger partial charge in [0.15, 0.2) is 0 Å². The first-order valence-electron chi connectivity index (χ1n) is 4.23. The lowest BCUT2D eigenvalue weighted by molar-refractivity contribution is -0.141. The summed E-state index contributed by atoms with van der Waals surface area (Å²) in [6.07, 6.45) is 1.78. The number of methoxy groups -OCH3 is 1. The molecule has 0 amide bonds. The zero-order valence-corrected chi connectivity index (χ0v) is 8.15. The smallest absolute Gasteiger partial charge is 0.327 e. The van der Waals surface area contributed by atoms with Crippen molar-refractivity contribution in [2.75, 3.05) is 7.11 Å². The molecule has 1 aromatic heterocycles. The summed E-state index contributed by atoms with van der Waals surface area (Å²) in [5, 5.41) is 4.21. The lowest BCUT2D eigenvalue weighted by Crippen LogP contribution is -2.12. The number of esters is 1. The van der Waals surface area contributed by atoms with E-state index in [-0.39, 0.29) is 12.5 Å². The van der Waals surface area contributed by atoms with E-state index in [1.54, 1.807) is 10.9 Å². The molecule has 0 N–H and O–H groups in total. The molecule has 1 heterocycles. The van der Waals surface area contributed by atoms with Crippen molar-refractivity contribution in [3.05, 3.63) is 18.0 Å². The zero-order chi connectivity index (χ0) is 9.84. The molecule has 1 rings (SSSR count). The Morgan fingerprint density at radius 2 is 2.38 bits per heavy atom. The van der Waals surface area contributed by atoms with Gasteiger partial charge in [-0.15, -0.1) is 0 Å². The maximum atomic E-state index is 10.9. The molecular formula is C9H14N2O2. The number of hydrogen-bond donors (Lipinski definition) is 0. The summed E-state index contributed by atoms with van der Waals surface area (Å²) in [5.74, 6) is 0.109. The van der Waals surface area contributed by atoms with Gasteiger partial charge in [-0.1, -0.05) is 13.8 Å². The Morgan fingerprint density at radius 3 is 2.85 bits per heavy atom. The van der Waals surface area contributed by atoms with Gasteiger partial charge in [0.1, 0.15) is 6.54 Å². The summed E-state index contributed by atoms with van der Waals surface area (Å²) in [6.45, 7) is 4.30. The van der Waals surface area contributed by atoms with E-state index in [1.807, 2.05) is 6.07 Å². The fourth-order valence-electron chi connectivity index (χ4n) is 0.970. The Balaban J connectivity index is 2.64. The third-order valence-corrected chi connectivity index (χ3v) is 1.77. The molecule has 0 aliphatic heterocycles. The molecule has 0 radical (unpaired) electrons. The van der Waals surface area contributed by atoms with Crippen LogP contribution in [0.1, 0.15) is 25.5 Å². The second kappa shape index (κ2) is 4.07. The highest BCUT2D eigenvalue weighted by Crippen LogP contribution is 2.10. The highest BCUT2D eigenvalue weighted by molar-refractivity contribution is 5.68. The molecule has 0 unspecified atom stereocenters. The Hall–Kier alpha value is -1.32. The number of ether oxygens (including phenoxy) is 1. The van der Waals surface area contributed by atoms with Gasteiger partial charge in [-0.2, -0.15) is 5.10 Å². The van der Waals surface area contributed by atoms with E-state index >= 15 is 0 Å². The van der Waals surface area contributed by atoms with Crippen molar-refractivity contribution in [1.29, 1.82) is 0 Å². The second-order valence-electron chi connectivity index (χ2n) is 3.17. The first-order valence-corrected chi connectivity index (χ1v) is 4.23. The Labute approximate surface area is 77.5 Å². The lowest BCUT2D eigenvalue weighted by atomic mass is 10.1. The van der Waals surface area contributed by atoms with Gasteiger partial charge >= 0.3 is 5.97 Å². The average molecular weight is 182 g/mol. The van der Waals surface area contributed by atoms with Crippen LogP contribution in [0.2, 0.25) is 0 Å². The van der Waals surface area contributed by atoms with Crippen LogP contribution in [0.5, 0.6) is 0 Å². The van der Waals surface area contributed by atoms with Crippen LogP contribution in [0.3, 0.4) is 0 Å². The lowest BCUT2D eigenvalue weighted by Gasteiger charge is -2.00. The maximum absolute atomic E-state index is 10.9. The van der Waals surface area contributed by atoms with E-state index in [0.29, 0.717) is 5.92 Å². The number of carbonyl (C=O) groups is 1. The standard InChI is InChI=1S/C9H14N2O2/c1-7(2)8-4-5-11(10-8)6-9(12)13-3/h4-5,7H,6H2,1-3H3. The van der Waals surface area contributed by atoms with Gasteiger partial charge < -0.3 is 4.74 Å². The molecule has 0 bridgehead atoms. The van der Waals surface area contributed by atoms with E-state index in [9.17, 15) is 4.79 Å². The first kappa shape index (κ1) is 9.77. The SMILES string of the molecule is COC(=O)Cn1ccc(C(C)C)n1. The van der Waals surface area contributed by atoms with Crippen LogP contribution in [0, 0.1) is 0 Å². The largest absolute Gasteiger partial charge is 0.468 e. The van der Waals surface area contributed by atoms with Gasteiger partial charge in [0.2, 0.25) is 0 Å².